The molecule has 0 atom stereocenters. The van der Waals surface area contributed by atoms with Gasteiger partial charge in [0.05, 0.1) is 34.1 Å². The lowest BCUT2D eigenvalue weighted by molar-refractivity contribution is 0.262. The molecule has 0 aliphatic rings. The summed E-state index contributed by atoms with van der Waals surface area (Å²) in [6, 6.07) is 9.78. The van der Waals surface area contributed by atoms with Crippen molar-refractivity contribution in [1.82, 2.24) is 0 Å². The summed E-state index contributed by atoms with van der Waals surface area (Å²) < 4.78 is 20.7. The van der Waals surface area contributed by atoms with Gasteiger partial charge in [-0.1, -0.05) is 0 Å². The highest BCUT2D eigenvalue weighted by Gasteiger charge is 2.10. The molecule has 2 amide bonds. The molecule has 2 aromatic rings. The Morgan fingerprint density at radius 2 is 1.38 bits per heavy atom. The first-order valence-corrected chi connectivity index (χ1v) is 7.12. The van der Waals surface area contributed by atoms with E-state index in [0.29, 0.717) is 34.4 Å². The molecular weight excluding hydrogens is 312 g/mol. The van der Waals surface area contributed by atoms with Crippen molar-refractivity contribution < 1.29 is 23.7 Å². The van der Waals surface area contributed by atoms with E-state index in [1.54, 1.807) is 57.7 Å². The van der Waals surface area contributed by atoms with Crippen LogP contribution in [-0.2, 0) is 0 Å². The smallest absolute Gasteiger partial charge is 0.323 e. The highest BCUT2D eigenvalue weighted by Crippen LogP contribution is 2.30. The minimum absolute atomic E-state index is 0.433. The molecular formula is C17H20N2O5. The van der Waals surface area contributed by atoms with Gasteiger partial charge >= 0.3 is 6.03 Å². The van der Waals surface area contributed by atoms with Crippen LogP contribution in [-0.4, -0.2) is 34.5 Å². The van der Waals surface area contributed by atoms with E-state index < -0.39 is 6.03 Å². The first kappa shape index (κ1) is 17.3. The second-order valence-electron chi connectivity index (χ2n) is 4.75. The van der Waals surface area contributed by atoms with Crippen LogP contribution in [0.15, 0.2) is 36.4 Å². The van der Waals surface area contributed by atoms with E-state index in [2.05, 4.69) is 10.6 Å². The maximum atomic E-state index is 12.2. The molecule has 24 heavy (non-hydrogen) atoms. The molecule has 0 saturated carbocycles. The molecule has 0 saturated heterocycles. The van der Waals surface area contributed by atoms with Crippen LogP contribution in [0.2, 0.25) is 0 Å². The van der Waals surface area contributed by atoms with Gasteiger partial charge in [-0.2, -0.15) is 0 Å². The van der Waals surface area contributed by atoms with Crippen LogP contribution in [0.3, 0.4) is 0 Å². The summed E-state index contributed by atoms with van der Waals surface area (Å²) in [4.78, 5) is 12.2. The van der Waals surface area contributed by atoms with Crippen LogP contribution >= 0.6 is 0 Å². The lowest BCUT2D eigenvalue weighted by Gasteiger charge is -2.13. The van der Waals surface area contributed by atoms with E-state index in [-0.39, 0.29) is 0 Å². The molecule has 0 heterocycles. The Morgan fingerprint density at radius 1 is 0.750 bits per heavy atom. The van der Waals surface area contributed by atoms with E-state index in [0.717, 1.165) is 0 Å². The fourth-order valence-electron chi connectivity index (χ4n) is 2.08. The molecule has 7 nitrogen and oxygen atoms in total. The third-order valence-corrected chi connectivity index (χ3v) is 3.26. The third kappa shape index (κ3) is 4.22. The number of rotatable bonds is 6. The fraction of sp³-hybridized carbons (Fsp3) is 0.235. The van der Waals surface area contributed by atoms with Gasteiger partial charge in [0.2, 0.25) is 0 Å². The lowest BCUT2D eigenvalue weighted by Crippen LogP contribution is -2.20. The molecule has 2 aromatic carbocycles. The summed E-state index contributed by atoms with van der Waals surface area (Å²) in [5.74, 6) is 2.27. The van der Waals surface area contributed by atoms with Crippen molar-refractivity contribution in [2.45, 2.75) is 0 Å². The topological polar surface area (TPSA) is 78.1 Å². The van der Waals surface area contributed by atoms with E-state index in [4.69, 9.17) is 18.9 Å². The van der Waals surface area contributed by atoms with Crippen molar-refractivity contribution in [1.29, 1.82) is 0 Å². The number of carbonyl (C=O) groups is 1. The number of carbonyl (C=O) groups excluding carboxylic acids is 1. The molecule has 0 bridgehead atoms. The van der Waals surface area contributed by atoms with Gasteiger partial charge in [0.25, 0.3) is 0 Å². The predicted octanol–water partition coefficient (Wildman–Crippen LogP) is 3.37. The molecule has 128 valence electrons. The molecule has 0 aliphatic carbocycles. The monoisotopic (exact) mass is 332 g/mol. The average molecular weight is 332 g/mol. The van der Waals surface area contributed by atoms with E-state index in [9.17, 15) is 4.79 Å². The average Bonchev–Trinajstić information content (AvgIpc) is 2.60. The van der Waals surface area contributed by atoms with Gasteiger partial charge < -0.3 is 29.6 Å². The van der Waals surface area contributed by atoms with Gasteiger partial charge in [-0.3, -0.25) is 0 Å². The Bertz CT molecular complexity index is 696. The van der Waals surface area contributed by atoms with Crippen molar-refractivity contribution in [3.63, 3.8) is 0 Å². The zero-order valence-corrected chi connectivity index (χ0v) is 14.0. The van der Waals surface area contributed by atoms with Crippen LogP contribution in [0.5, 0.6) is 23.0 Å². The van der Waals surface area contributed by atoms with Crippen LogP contribution in [0.1, 0.15) is 0 Å². The van der Waals surface area contributed by atoms with Crippen molar-refractivity contribution in [2.75, 3.05) is 39.1 Å². The minimum Gasteiger partial charge on any atom is -0.497 e. The lowest BCUT2D eigenvalue weighted by atomic mass is 10.2. The standard InChI is InChI=1S/C17H20N2O5/c1-21-12-5-6-16(24-4)15(10-12)19-17(20)18-11-7-13(22-2)9-14(8-11)23-3/h5-10H,1-4H3,(H2,18,19,20). The molecule has 0 unspecified atom stereocenters. The number of benzene rings is 2. The van der Waals surface area contributed by atoms with Crippen molar-refractivity contribution in [2.24, 2.45) is 0 Å². The van der Waals surface area contributed by atoms with Gasteiger partial charge in [0.1, 0.15) is 23.0 Å². The number of ether oxygens (including phenoxy) is 4. The summed E-state index contributed by atoms with van der Waals surface area (Å²) in [7, 11) is 6.16. The van der Waals surface area contributed by atoms with E-state index in [1.165, 1.54) is 7.11 Å². The first-order valence-electron chi connectivity index (χ1n) is 7.12. The molecule has 0 radical (unpaired) electrons. The number of nitrogens with one attached hydrogen (secondary N) is 2. The Morgan fingerprint density at radius 3 is 1.92 bits per heavy atom. The number of amides is 2. The fourth-order valence-corrected chi connectivity index (χ4v) is 2.08. The highest BCUT2D eigenvalue weighted by molar-refractivity contribution is 6.01. The summed E-state index contributed by atoms with van der Waals surface area (Å²) in [5, 5.41) is 5.45. The summed E-state index contributed by atoms with van der Waals surface area (Å²) in [6.45, 7) is 0. The third-order valence-electron chi connectivity index (χ3n) is 3.26. The molecule has 0 fully saturated rings. The largest absolute Gasteiger partial charge is 0.497 e. The predicted molar refractivity (Wildman–Crippen MR) is 91.7 cm³/mol. The van der Waals surface area contributed by atoms with Gasteiger partial charge in [-0.05, 0) is 12.1 Å². The van der Waals surface area contributed by atoms with Gasteiger partial charge in [0.15, 0.2) is 0 Å². The van der Waals surface area contributed by atoms with E-state index in [1.807, 2.05) is 0 Å². The maximum absolute atomic E-state index is 12.2. The molecule has 0 aliphatic heterocycles. The highest BCUT2D eigenvalue weighted by atomic mass is 16.5. The maximum Gasteiger partial charge on any atom is 0.323 e. The summed E-state index contributed by atoms with van der Waals surface area (Å²) >= 11 is 0. The SMILES string of the molecule is COc1cc(NC(=O)Nc2cc(OC)ccc2OC)cc(OC)c1. The van der Waals surface area contributed by atoms with E-state index >= 15 is 0 Å². The zero-order chi connectivity index (χ0) is 17.5. The Labute approximate surface area is 140 Å². The van der Waals surface area contributed by atoms with Crippen LogP contribution in [0.4, 0.5) is 16.2 Å². The zero-order valence-electron chi connectivity index (χ0n) is 14.0. The van der Waals surface area contributed by atoms with Crippen molar-refractivity contribution >= 4 is 17.4 Å². The summed E-state index contributed by atoms with van der Waals surface area (Å²) in [5.41, 5.74) is 1.02. The molecule has 0 spiro atoms. The molecule has 0 aromatic heterocycles. The summed E-state index contributed by atoms with van der Waals surface area (Å²) in [6.07, 6.45) is 0. The number of anilines is 2. The normalized spacial score (nSPS) is 9.83. The first-order chi connectivity index (χ1) is 11.6. The molecule has 7 heteroatoms. The second-order valence-corrected chi connectivity index (χ2v) is 4.75. The van der Waals surface area contributed by atoms with Crippen molar-refractivity contribution in [3.8, 4) is 23.0 Å². The van der Waals surface area contributed by atoms with Gasteiger partial charge in [-0.25, -0.2) is 4.79 Å². The Kier molecular flexibility index (Phi) is 5.73. The van der Waals surface area contributed by atoms with Crippen LogP contribution in [0.25, 0.3) is 0 Å². The Hall–Kier alpha value is -3.09. The van der Waals surface area contributed by atoms with Crippen LogP contribution < -0.4 is 29.6 Å². The number of urea groups is 1. The van der Waals surface area contributed by atoms with Gasteiger partial charge in [0, 0.05) is 30.0 Å². The molecule has 2 rings (SSSR count). The minimum atomic E-state index is -0.433. The van der Waals surface area contributed by atoms with Crippen molar-refractivity contribution in [3.05, 3.63) is 36.4 Å². The number of hydrogen-bond donors (Lipinski definition) is 2. The Balaban J connectivity index is 2.16. The van der Waals surface area contributed by atoms with Crippen LogP contribution in [0, 0.1) is 0 Å². The number of hydrogen-bond acceptors (Lipinski definition) is 5. The number of methoxy groups -OCH3 is 4. The second kappa shape index (κ2) is 7.96. The molecule has 2 N–H and O–H groups in total. The van der Waals surface area contributed by atoms with Gasteiger partial charge in [-0.15, -0.1) is 0 Å². The quantitative estimate of drug-likeness (QED) is 0.848.